The van der Waals surface area contributed by atoms with Crippen molar-refractivity contribution in [3.8, 4) is 16.9 Å². The molecular weight excluding hydrogens is 623 g/mol. The van der Waals surface area contributed by atoms with Crippen LogP contribution < -0.4 is 4.74 Å². The van der Waals surface area contributed by atoms with Gasteiger partial charge in [-0.05, 0) is 121 Å². The summed E-state index contributed by atoms with van der Waals surface area (Å²) in [6.07, 6.45) is 1.16. The van der Waals surface area contributed by atoms with E-state index in [9.17, 15) is 4.79 Å². The van der Waals surface area contributed by atoms with Crippen LogP contribution in [-0.2, 0) is 14.9 Å². The summed E-state index contributed by atoms with van der Waals surface area (Å²) in [6, 6.07) is 46.7. The van der Waals surface area contributed by atoms with Crippen molar-refractivity contribution in [1.29, 1.82) is 0 Å². The summed E-state index contributed by atoms with van der Waals surface area (Å²) >= 11 is 1.75. The summed E-state index contributed by atoms with van der Waals surface area (Å²) in [6.45, 7) is 5.95. The molecule has 0 aliphatic heterocycles. The number of aromatic nitrogens is 1. The quantitative estimate of drug-likeness (QED) is 0.0976. The molecule has 7 aromatic carbocycles. The first-order valence-electron chi connectivity index (χ1n) is 16.4. The van der Waals surface area contributed by atoms with E-state index in [2.05, 4.69) is 129 Å². The van der Waals surface area contributed by atoms with Gasteiger partial charge < -0.3 is 9.47 Å². The molecule has 0 N–H and O–H groups in total. The van der Waals surface area contributed by atoms with Gasteiger partial charge in [-0.3, -0.25) is 0 Å². The Bertz CT molecular complexity index is 2640. The average Bonchev–Trinajstić information content (AvgIpc) is 3.64. The van der Waals surface area contributed by atoms with Gasteiger partial charge in [-0.1, -0.05) is 85.4 Å². The van der Waals surface area contributed by atoms with Crippen LogP contribution >= 0.6 is 11.3 Å². The Hall–Kier alpha value is -5.78. The number of carbonyl (C=O) groups excluding carboxylic acids is 1. The Labute approximate surface area is 287 Å². The molecule has 4 nitrogen and oxygen atoms in total. The highest BCUT2D eigenvalue weighted by atomic mass is 32.1. The van der Waals surface area contributed by atoms with Crippen LogP contribution in [-0.4, -0.2) is 24.2 Å². The molecule has 1 aliphatic carbocycles. The lowest BCUT2D eigenvalue weighted by atomic mass is 9.67. The lowest BCUT2D eigenvalue weighted by Crippen LogP contribution is -2.28. The Balaban J connectivity index is 1.29. The number of aryl methyl sites for hydroxylation is 1. The maximum atomic E-state index is 11.4. The van der Waals surface area contributed by atoms with E-state index < -0.39 is 11.4 Å². The third kappa shape index (κ3) is 4.73. The third-order valence-electron chi connectivity index (χ3n) is 9.81. The van der Waals surface area contributed by atoms with Crippen molar-refractivity contribution in [2.75, 3.05) is 13.2 Å². The topological polar surface area (TPSA) is 48.4 Å². The number of carbonyl (C=O) groups is 1. The second-order valence-corrected chi connectivity index (χ2v) is 13.8. The standard InChI is InChI=1S/C44H31NO3S/c1-3-43(46)48-19-18-47-36-17-14-32-21-35(16-13-33(32)22-36)44(34-15-12-28-8-4-5-9-29(28)20-34)39-24-31-11-7-6-10-30(31)23-37(39)38-25-41-42(26-40(38)44)49-27(2)45-41/h3-17,20-26H,1,18-19H2,2H3. The number of fused-ring (bicyclic) bond motifs is 7. The smallest absolute Gasteiger partial charge is 0.330 e. The number of benzene rings is 7. The number of rotatable bonds is 7. The molecule has 0 amide bonds. The molecule has 8 aromatic rings. The summed E-state index contributed by atoms with van der Waals surface area (Å²) < 4.78 is 12.2. The zero-order valence-electron chi connectivity index (χ0n) is 26.9. The molecule has 1 heterocycles. The molecule has 9 rings (SSSR count). The van der Waals surface area contributed by atoms with Gasteiger partial charge in [-0.15, -0.1) is 11.3 Å². The molecule has 0 spiro atoms. The molecule has 49 heavy (non-hydrogen) atoms. The van der Waals surface area contributed by atoms with E-state index in [1.165, 1.54) is 59.6 Å². The highest BCUT2D eigenvalue weighted by Gasteiger charge is 2.47. The Morgan fingerprint density at radius 1 is 0.694 bits per heavy atom. The van der Waals surface area contributed by atoms with E-state index in [4.69, 9.17) is 14.5 Å². The highest BCUT2D eigenvalue weighted by molar-refractivity contribution is 7.18. The number of thiazole rings is 1. The van der Waals surface area contributed by atoms with Gasteiger partial charge >= 0.3 is 5.97 Å². The van der Waals surface area contributed by atoms with Gasteiger partial charge in [0.25, 0.3) is 0 Å². The Morgan fingerprint density at radius 3 is 2.04 bits per heavy atom. The van der Waals surface area contributed by atoms with Gasteiger partial charge in [0.05, 0.1) is 20.6 Å². The van der Waals surface area contributed by atoms with Gasteiger partial charge in [-0.25, -0.2) is 9.78 Å². The van der Waals surface area contributed by atoms with Crippen LogP contribution in [0.5, 0.6) is 5.75 Å². The maximum Gasteiger partial charge on any atom is 0.330 e. The fourth-order valence-electron chi connectivity index (χ4n) is 7.66. The first-order chi connectivity index (χ1) is 24.0. The molecule has 0 saturated carbocycles. The largest absolute Gasteiger partial charge is 0.490 e. The summed E-state index contributed by atoms with van der Waals surface area (Å²) in [5, 5.41) is 8.13. The molecule has 1 aliphatic rings. The minimum absolute atomic E-state index is 0.163. The van der Waals surface area contributed by atoms with Crippen molar-refractivity contribution in [3.63, 3.8) is 0 Å². The van der Waals surface area contributed by atoms with E-state index in [1.54, 1.807) is 11.3 Å². The molecule has 1 unspecified atom stereocenters. The Kier molecular flexibility index (Phi) is 6.85. The van der Waals surface area contributed by atoms with Crippen LogP contribution in [0.4, 0.5) is 0 Å². The lowest BCUT2D eigenvalue weighted by Gasteiger charge is -2.34. The highest BCUT2D eigenvalue weighted by Crippen LogP contribution is 2.58. The molecule has 5 heteroatoms. The van der Waals surface area contributed by atoms with Crippen LogP contribution in [0.3, 0.4) is 0 Å². The van der Waals surface area contributed by atoms with Gasteiger partial charge in [0.2, 0.25) is 0 Å². The second kappa shape index (κ2) is 11.4. The SMILES string of the molecule is C=CC(=O)OCCOc1ccc2cc(C3(c4ccc5ccccc5c4)c4cc5ccccc5cc4-c4cc5nc(C)sc5cc43)ccc2c1. The van der Waals surface area contributed by atoms with E-state index >= 15 is 0 Å². The van der Waals surface area contributed by atoms with Gasteiger partial charge in [0.15, 0.2) is 0 Å². The van der Waals surface area contributed by atoms with Gasteiger partial charge in [0, 0.05) is 6.08 Å². The fraction of sp³-hybridized carbons (Fsp3) is 0.0909. The van der Waals surface area contributed by atoms with Crippen LogP contribution in [0.15, 0.2) is 140 Å². The Morgan fingerprint density at radius 2 is 1.29 bits per heavy atom. The predicted octanol–water partition coefficient (Wildman–Crippen LogP) is 10.5. The summed E-state index contributed by atoms with van der Waals surface area (Å²) in [5.74, 6) is 0.273. The molecular formula is C44H31NO3S. The molecule has 0 bridgehead atoms. The van der Waals surface area contributed by atoms with Crippen molar-refractivity contribution < 1.29 is 14.3 Å². The van der Waals surface area contributed by atoms with Crippen LogP contribution in [0.1, 0.15) is 27.3 Å². The molecule has 0 radical (unpaired) electrons. The lowest BCUT2D eigenvalue weighted by molar-refractivity contribution is -0.138. The van der Waals surface area contributed by atoms with Crippen molar-refractivity contribution in [1.82, 2.24) is 4.98 Å². The monoisotopic (exact) mass is 653 g/mol. The molecule has 0 fully saturated rings. The van der Waals surface area contributed by atoms with Crippen molar-refractivity contribution in [3.05, 3.63) is 167 Å². The zero-order chi connectivity index (χ0) is 33.1. The molecule has 1 atom stereocenters. The summed E-state index contributed by atoms with van der Waals surface area (Å²) in [7, 11) is 0. The first kappa shape index (κ1) is 29.4. The van der Waals surface area contributed by atoms with Crippen molar-refractivity contribution in [2.45, 2.75) is 12.3 Å². The van der Waals surface area contributed by atoms with Crippen LogP contribution in [0.2, 0.25) is 0 Å². The average molecular weight is 654 g/mol. The van der Waals surface area contributed by atoms with E-state index in [0.29, 0.717) is 0 Å². The number of hydrogen-bond donors (Lipinski definition) is 0. The normalized spacial score (nSPS) is 15.0. The predicted molar refractivity (Wildman–Crippen MR) is 201 cm³/mol. The van der Waals surface area contributed by atoms with Gasteiger partial charge in [-0.2, -0.15) is 0 Å². The van der Waals surface area contributed by atoms with Crippen molar-refractivity contribution >= 4 is 59.8 Å². The molecule has 0 saturated heterocycles. The second-order valence-electron chi connectivity index (χ2n) is 12.6. The van der Waals surface area contributed by atoms with Gasteiger partial charge in [0.1, 0.15) is 19.0 Å². The van der Waals surface area contributed by atoms with Crippen molar-refractivity contribution in [2.24, 2.45) is 0 Å². The number of ether oxygens (including phenoxy) is 2. The zero-order valence-corrected chi connectivity index (χ0v) is 27.7. The summed E-state index contributed by atoms with van der Waals surface area (Å²) in [4.78, 5) is 16.3. The van der Waals surface area contributed by atoms with Crippen LogP contribution in [0, 0.1) is 6.92 Å². The third-order valence-corrected chi connectivity index (χ3v) is 10.7. The summed E-state index contributed by atoms with van der Waals surface area (Å²) in [5.41, 5.74) is 7.93. The number of esters is 1. The number of hydrogen-bond acceptors (Lipinski definition) is 5. The molecule has 236 valence electrons. The maximum absolute atomic E-state index is 11.4. The van der Waals surface area contributed by atoms with E-state index in [1.807, 2.05) is 12.1 Å². The molecule has 1 aromatic heterocycles. The number of nitrogens with zero attached hydrogens (tertiary/aromatic N) is 1. The minimum Gasteiger partial charge on any atom is -0.490 e. The van der Waals surface area contributed by atoms with Crippen LogP contribution in [0.25, 0.3) is 53.7 Å². The minimum atomic E-state index is -0.580. The van der Waals surface area contributed by atoms with E-state index in [-0.39, 0.29) is 13.2 Å². The first-order valence-corrected chi connectivity index (χ1v) is 17.2. The van der Waals surface area contributed by atoms with E-state index in [0.717, 1.165) is 33.1 Å². The fourth-order valence-corrected chi connectivity index (χ4v) is 8.51.